The van der Waals surface area contributed by atoms with Crippen LogP contribution in [0, 0.1) is 0 Å². The molecule has 2 heterocycles. The van der Waals surface area contributed by atoms with Crippen LogP contribution < -0.4 is 0 Å². The first-order valence-electron chi connectivity index (χ1n) is 6.24. The quantitative estimate of drug-likeness (QED) is 0.764. The number of nitrogens with zero attached hydrogens (tertiary/aromatic N) is 2. The molecular weight excluding hydrogens is 236 g/mol. The zero-order valence-corrected chi connectivity index (χ0v) is 11.3. The minimum Gasteiger partial charge on any atom is -0.443 e. The summed E-state index contributed by atoms with van der Waals surface area (Å²) in [5, 5.41) is 0. The predicted molar refractivity (Wildman–Crippen MR) is 66.8 cm³/mol. The summed E-state index contributed by atoms with van der Waals surface area (Å²) in [7, 11) is 0. The van der Waals surface area contributed by atoms with Gasteiger partial charge in [0.15, 0.2) is 0 Å². The maximum Gasteiger partial charge on any atom is 0.265 e. The molecule has 0 N–H and O–H groups in total. The summed E-state index contributed by atoms with van der Waals surface area (Å²) in [5.41, 5.74) is 0. The van der Waals surface area contributed by atoms with E-state index in [-0.39, 0.29) is 12.1 Å². The summed E-state index contributed by atoms with van der Waals surface area (Å²) in [6, 6.07) is 0.372. The lowest BCUT2D eigenvalue weighted by atomic mass is 10.4. The number of ether oxygens (including phenoxy) is 4. The van der Waals surface area contributed by atoms with Crippen molar-refractivity contribution in [2.75, 3.05) is 13.2 Å². The predicted octanol–water partition coefficient (Wildman–Crippen LogP) is 1.35. The molecule has 2 atom stereocenters. The molecular formula is C12H20N2O4. The van der Waals surface area contributed by atoms with E-state index in [1.165, 1.54) is 0 Å². The molecule has 0 radical (unpaired) electrons. The Balaban J connectivity index is 1.88. The van der Waals surface area contributed by atoms with Crippen LogP contribution in [-0.4, -0.2) is 49.7 Å². The summed E-state index contributed by atoms with van der Waals surface area (Å²) >= 11 is 0. The van der Waals surface area contributed by atoms with Crippen molar-refractivity contribution in [3.05, 3.63) is 0 Å². The Morgan fingerprint density at radius 1 is 0.833 bits per heavy atom. The van der Waals surface area contributed by atoms with Gasteiger partial charge in [0.2, 0.25) is 11.8 Å². The number of hydrogen-bond donors (Lipinski definition) is 0. The second-order valence-corrected chi connectivity index (χ2v) is 4.83. The van der Waals surface area contributed by atoms with Gasteiger partial charge in [0.05, 0.1) is 0 Å². The van der Waals surface area contributed by atoms with E-state index in [9.17, 15) is 0 Å². The fraction of sp³-hybridized carbons (Fsp3) is 0.833. The van der Waals surface area contributed by atoms with Crippen molar-refractivity contribution in [1.82, 2.24) is 0 Å². The number of hydrogen-bond acceptors (Lipinski definition) is 6. The largest absolute Gasteiger partial charge is 0.443 e. The Bertz CT molecular complexity index is 318. The maximum absolute atomic E-state index is 5.53. The molecule has 6 nitrogen and oxygen atoms in total. The van der Waals surface area contributed by atoms with E-state index in [0.717, 1.165) is 0 Å². The Hall–Kier alpha value is -1.14. The Kier molecular flexibility index (Phi) is 4.19. The van der Waals surface area contributed by atoms with Crippen molar-refractivity contribution in [1.29, 1.82) is 0 Å². The molecule has 0 bridgehead atoms. The highest BCUT2D eigenvalue weighted by atomic mass is 16.8. The molecule has 0 amide bonds. The Morgan fingerprint density at radius 3 is 1.56 bits per heavy atom. The molecule has 2 saturated heterocycles. The molecule has 0 saturated carbocycles. The van der Waals surface area contributed by atoms with Crippen LogP contribution in [0.2, 0.25) is 0 Å². The fourth-order valence-electron chi connectivity index (χ4n) is 1.69. The molecule has 0 aromatic heterocycles. The van der Waals surface area contributed by atoms with Gasteiger partial charge in [0.1, 0.15) is 13.2 Å². The molecule has 0 unspecified atom stereocenters. The molecule has 18 heavy (non-hydrogen) atoms. The summed E-state index contributed by atoms with van der Waals surface area (Å²) in [4.78, 5) is 8.59. The van der Waals surface area contributed by atoms with Crippen molar-refractivity contribution in [2.45, 2.75) is 52.4 Å². The maximum atomic E-state index is 5.53. The van der Waals surface area contributed by atoms with Gasteiger partial charge >= 0.3 is 0 Å². The second-order valence-electron chi connectivity index (χ2n) is 4.83. The third-order valence-electron chi connectivity index (χ3n) is 2.27. The smallest absolute Gasteiger partial charge is 0.265 e. The van der Waals surface area contributed by atoms with Crippen molar-refractivity contribution in [3.63, 3.8) is 0 Å². The fourth-order valence-corrected chi connectivity index (χ4v) is 1.69. The van der Waals surface area contributed by atoms with Gasteiger partial charge in [-0.2, -0.15) is 0 Å². The van der Waals surface area contributed by atoms with Gasteiger partial charge < -0.3 is 18.9 Å². The van der Waals surface area contributed by atoms with Crippen molar-refractivity contribution in [2.24, 2.45) is 9.98 Å². The van der Waals surface area contributed by atoms with Crippen LogP contribution >= 0.6 is 0 Å². The number of aliphatic imine (C=N–C) groups is 2. The third kappa shape index (κ3) is 3.43. The highest BCUT2D eigenvalue weighted by Gasteiger charge is 2.38. The highest BCUT2D eigenvalue weighted by Crippen LogP contribution is 2.20. The third-order valence-corrected chi connectivity index (χ3v) is 2.27. The van der Waals surface area contributed by atoms with E-state index >= 15 is 0 Å². The molecule has 6 heteroatoms. The lowest BCUT2D eigenvalue weighted by Crippen LogP contribution is -2.28. The molecule has 2 aliphatic rings. The minimum atomic E-state index is -0.553. The average Bonchev–Trinajstić information content (AvgIpc) is 2.85. The Labute approximate surface area is 107 Å². The zero-order chi connectivity index (χ0) is 13.1. The van der Waals surface area contributed by atoms with E-state index < -0.39 is 12.6 Å². The van der Waals surface area contributed by atoms with Gasteiger partial charge in [0.25, 0.3) is 12.6 Å². The molecule has 0 aromatic carbocycles. The first-order valence-corrected chi connectivity index (χ1v) is 6.24. The van der Waals surface area contributed by atoms with E-state index in [1.807, 2.05) is 27.7 Å². The molecule has 0 spiro atoms. The van der Waals surface area contributed by atoms with Crippen LogP contribution in [0.5, 0.6) is 0 Å². The van der Waals surface area contributed by atoms with Gasteiger partial charge in [-0.3, -0.25) is 9.98 Å². The van der Waals surface area contributed by atoms with Crippen LogP contribution in [0.1, 0.15) is 27.7 Å². The SMILES string of the molecule is CC(C)N=C1CO[C@@H]([C@@H]2OCC(=NC(C)C)O2)O1. The minimum absolute atomic E-state index is 0.186. The van der Waals surface area contributed by atoms with Crippen LogP contribution in [-0.2, 0) is 18.9 Å². The molecule has 102 valence electrons. The summed E-state index contributed by atoms with van der Waals surface area (Å²) < 4.78 is 22.0. The topological polar surface area (TPSA) is 61.6 Å². The van der Waals surface area contributed by atoms with Crippen molar-refractivity contribution in [3.8, 4) is 0 Å². The van der Waals surface area contributed by atoms with Crippen LogP contribution in [0.25, 0.3) is 0 Å². The van der Waals surface area contributed by atoms with E-state index in [1.54, 1.807) is 0 Å². The van der Waals surface area contributed by atoms with Crippen molar-refractivity contribution >= 4 is 11.8 Å². The summed E-state index contributed by atoms with van der Waals surface area (Å²) in [6.45, 7) is 8.67. The molecule has 2 aliphatic heterocycles. The normalized spacial score (nSPS) is 32.6. The van der Waals surface area contributed by atoms with Crippen molar-refractivity contribution < 1.29 is 18.9 Å². The standard InChI is InChI=1S/C12H20N2O4/c1-7(2)13-9-5-15-11(17-9)12-16-6-10(18-12)14-8(3)4/h7-8,11-12H,5-6H2,1-4H3/t11-,12-/m1/s1. The Morgan fingerprint density at radius 2 is 1.22 bits per heavy atom. The van der Waals surface area contributed by atoms with E-state index in [4.69, 9.17) is 18.9 Å². The van der Waals surface area contributed by atoms with Gasteiger partial charge in [-0.15, -0.1) is 0 Å². The highest BCUT2D eigenvalue weighted by molar-refractivity contribution is 5.80. The zero-order valence-electron chi connectivity index (χ0n) is 11.3. The first kappa shape index (κ1) is 13.3. The van der Waals surface area contributed by atoms with Gasteiger partial charge in [-0.1, -0.05) is 0 Å². The van der Waals surface area contributed by atoms with E-state index in [0.29, 0.717) is 25.0 Å². The van der Waals surface area contributed by atoms with Gasteiger partial charge in [0, 0.05) is 12.1 Å². The monoisotopic (exact) mass is 256 g/mol. The second kappa shape index (κ2) is 5.67. The van der Waals surface area contributed by atoms with Crippen LogP contribution in [0.4, 0.5) is 0 Å². The molecule has 0 aliphatic carbocycles. The van der Waals surface area contributed by atoms with E-state index in [2.05, 4.69) is 9.98 Å². The molecule has 2 fully saturated rings. The lowest BCUT2D eigenvalue weighted by Gasteiger charge is -2.14. The summed E-state index contributed by atoms with van der Waals surface area (Å²) in [5.74, 6) is 1.19. The molecule has 0 aromatic rings. The average molecular weight is 256 g/mol. The number of rotatable bonds is 3. The van der Waals surface area contributed by atoms with Crippen LogP contribution in [0.3, 0.4) is 0 Å². The van der Waals surface area contributed by atoms with Crippen LogP contribution in [0.15, 0.2) is 9.98 Å². The summed E-state index contributed by atoms with van der Waals surface area (Å²) in [6.07, 6.45) is -1.11. The van der Waals surface area contributed by atoms with Gasteiger partial charge in [-0.25, -0.2) is 0 Å². The van der Waals surface area contributed by atoms with Gasteiger partial charge in [-0.05, 0) is 27.7 Å². The lowest BCUT2D eigenvalue weighted by molar-refractivity contribution is -0.182. The molecule has 2 rings (SSSR count). The first-order chi connectivity index (χ1) is 8.54.